The molecule has 13 heteroatoms. The number of aromatic nitrogens is 5. The molecule has 2 aromatic carbocycles. The molecule has 0 aliphatic carbocycles. The molecular weight excluding hydrogens is 470 g/mol. The molecule has 0 atom stereocenters. The number of thiazole rings is 1. The number of carbonyl (C=O) groups is 1. The Bertz CT molecular complexity index is 1420. The average Bonchev–Trinajstić information content (AvgIpc) is 3.35. The summed E-state index contributed by atoms with van der Waals surface area (Å²) in [4.78, 5) is 17.6. The number of tetrazole rings is 1. The molecular formula is C20H18N5O6S2+. The van der Waals surface area contributed by atoms with Gasteiger partial charge in [-0.1, -0.05) is 17.4 Å². The van der Waals surface area contributed by atoms with Crippen molar-refractivity contribution >= 4 is 27.4 Å². The monoisotopic (exact) mass is 488 g/mol. The van der Waals surface area contributed by atoms with Crippen LogP contribution >= 0.6 is 11.3 Å². The third-order valence-corrected chi connectivity index (χ3v) is 6.54. The van der Waals surface area contributed by atoms with Gasteiger partial charge in [0, 0.05) is 9.67 Å². The van der Waals surface area contributed by atoms with Gasteiger partial charge in [0.25, 0.3) is 15.2 Å². The molecule has 0 amide bonds. The van der Waals surface area contributed by atoms with E-state index in [1.807, 2.05) is 13.8 Å². The number of hydrogen-bond acceptors (Lipinski definition) is 8. The summed E-state index contributed by atoms with van der Waals surface area (Å²) >= 11 is 1.41. The quantitative estimate of drug-likeness (QED) is 0.294. The highest BCUT2D eigenvalue weighted by molar-refractivity contribution is 7.85. The zero-order valence-corrected chi connectivity index (χ0v) is 19.0. The Labute approximate surface area is 192 Å². The van der Waals surface area contributed by atoms with E-state index in [9.17, 15) is 17.8 Å². The maximum absolute atomic E-state index is 11.4. The molecule has 4 aromatic rings. The van der Waals surface area contributed by atoms with E-state index in [-0.39, 0.29) is 4.90 Å². The highest BCUT2D eigenvalue weighted by Crippen LogP contribution is 2.24. The number of nitrogens with zero attached hydrogens (tertiary/aromatic N) is 5. The second-order valence-electron chi connectivity index (χ2n) is 6.93. The fourth-order valence-electron chi connectivity index (χ4n) is 2.96. The second kappa shape index (κ2) is 8.69. The van der Waals surface area contributed by atoms with E-state index in [1.54, 1.807) is 28.9 Å². The van der Waals surface area contributed by atoms with Gasteiger partial charge in [-0.25, -0.2) is 9.78 Å². The Hall–Kier alpha value is -3.68. The van der Waals surface area contributed by atoms with Gasteiger partial charge in [0.05, 0.1) is 16.2 Å². The van der Waals surface area contributed by atoms with Crippen molar-refractivity contribution in [1.29, 1.82) is 0 Å². The summed E-state index contributed by atoms with van der Waals surface area (Å²) in [7, 11) is -4.36. The number of ether oxygens (including phenoxy) is 1. The first-order valence-electron chi connectivity index (χ1n) is 9.49. The molecule has 4 rings (SSSR count). The molecule has 0 saturated carbocycles. The standard InChI is InChI=1S/C20H17N5O6S2/c1-12-13(2)32-20(21-12)25-23-22-19(14-4-3-5-16(10-14)31-11-18(26)27)24(25)15-6-8-17(9-7-15)33(28,29)30/h3-10H,11H2,1-2H3,(H-,26,27,28,29,30)/p+1. The predicted molar refractivity (Wildman–Crippen MR) is 116 cm³/mol. The molecule has 0 aliphatic heterocycles. The predicted octanol–water partition coefficient (Wildman–Crippen LogP) is 1.99. The van der Waals surface area contributed by atoms with Gasteiger partial charge in [-0.3, -0.25) is 4.55 Å². The topological polar surface area (TPSA) is 148 Å². The van der Waals surface area contributed by atoms with Crippen molar-refractivity contribution in [3.05, 3.63) is 59.1 Å². The Kier molecular flexibility index (Phi) is 5.93. The van der Waals surface area contributed by atoms with Gasteiger partial charge in [-0.05, 0) is 56.3 Å². The Morgan fingerprint density at radius 1 is 1.18 bits per heavy atom. The van der Waals surface area contributed by atoms with Crippen molar-refractivity contribution in [2.75, 3.05) is 6.61 Å². The zero-order chi connectivity index (χ0) is 23.8. The summed E-state index contributed by atoms with van der Waals surface area (Å²) < 4.78 is 39.1. The maximum Gasteiger partial charge on any atom is 0.341 e. The van der Waals surface area contributed by atoms with Gasteiger partial charge >= 0.3 is 11.8 Å². The van der Waals surface area contributed by atoms with Crippen LogP contribution in [-0.4, -0.2) is 50.7 Å². The minimum Gasteiger partial charge on any atom is -0.482 e. The molecule has 11 nitrogen and oxygen atoms in total. The van der Waals surface area contributed by atoms with Gasteiger partial charge in [0.2, 0.25) is 0 Å². The SMILES string of the molecule is Cc1nc(-n2nnc(-c3cccc(OCC(=O)O)c3)[n+]2-c2ccc(S(=O)(=O)O)cc2)sc1C. The number of carboxylic acids is 1. The fraction of sp³-hybridized carbons (Fsp3) is 0.150. The van der Waals surface area contributed by atoms with Crippen LogP contribution in [-0.2, 0) is 14.9 Å². The third-order valence-electron chi connectivity index (χ3n) is 4.64. The van der Waals surface area contributed by atoms with Gasteiger partial charge in [0.1, 0.15) is 16.5 Å². The molecule has 0 radical (unpaired) electrons. The summed E-state index contributed by atoms with van der Waals surface area (Å²) in [5, 5.41) is 17.9. The minimum absolute atomic E-state index is 0.252. The Morgan fingerprint density at radius 3 is 2.52 bits per heavy atom. The summed E-state index contributed by atoms with van der Waals surface area (Å²) in [6.45, 7) is 3.31. The first-order valence-corrected chi connectivity index (χ1v) is 11.7. The van der Waals surface area contributed by atoms with E-state index >= 15 is 0 Å². The number of benzene rings is 2. The van der Waals surface area contributed by atoms with Crippen LogP contribution in [0.15, 0.2) is 53.4 Å². The van der Waals surface area contributed by atoms with E-state index < -0.39 is 22.7 Å². The first kappa shape index (κ1) is 22.5. The molecule has 2 heterocycles. The normalized spacial score (nSPS) is 11.5. The second-order valence-corrected chi connectivity index (χ2v) is 9.53. The number of carboxylic acid groups (broad SMARTS) is 1. The number of aliphatic carboxylic acids is 1. The van der Waals surface area contributed by atoms with Crippen molar-refractivity contribution < 1.29 is 32.3 Å². The molecule has 0 bridgehead atoms. The summed E-state index contributed by atoms with van der Waals surface area (Å²) in [5.74, 6) is -0.394. The van der Waals surface area contributed by atoms with Crippen LogP contribution in [0.2, 0.25) is 0 Å². The molecule has 2 N–H and O–H groups in total. The van der Waals surface area contributed by atoms with Gasteiger partial charge in [0.15, 0.2) is 11.8 Å². The smallest absolute Gasteiger partial charge is 0.341 e. The summed E-state index contributed by atoms with van der Waals surface area (Å²) in [6, 6.07) is 12.2. The maximum atomic E-state index is 11.4. The van der Waals surface area contributed by atoms with Crippen molar-refractivity contribution in [1.82, 2.24) is 20.1 Å². The van der Waals surface area contributed by atoms with Gasteiger partial charge < -0.3 is 9.84 Å². The number of rotatable bonds is 7. The lowest BCUT2D eigenvalue weighted by molar-refractivity contribution is -0.669. The van der Waals surface area contributed by atoms with Crippen LogP contribution in [0.3, 0.4) is 0 Å². The van der Waals surface area contributed by atoms with Crippen molar-refractivity contribution in [3.63, 3.8) is 0 Å². The molecule has 2 aromatic heterocycles. The Morgan fingerprint density at radius 2 is 1.91 bits per heavy atom. The molecule has 170 valence electrons. The minimum atomic E-state index is -4.36. The van der Waals surface area contributed by atoms with Crippen LogP contribution in [0.4, 0.5) is 0 Å². The van der Waals surface area contributed by atoms with Crippen LogP contribution < -0.4 is 9.42 Å². The molecule has 33 heavy (non-hydrogen) atoms. The van der Waals surface area contributed by atoms with Crippen molar-refractivity contribution in [2.45, 2.75) is 18.7 Å². The van der Waals surface area contributed by atoms with E-state index in [4.69, 9.17) is 9.84 Å². The van der Waals surface area contributed by atoms with Crippen LogP contribution in [0, 0.1) is 13.8 Å². The van der Waals surface area contributed by atoms with Crippen LogP contribution in [0.25, 0.3) is 22.2 Å². The lowest BCUT2D eigenvalue weighted by Gasteiger charge is -2.06. The third kappa shape index (κ3) is 4.74. The van der Waals surface area contributed by atoms with Gasteiger partial charge in [-0.2, -0.15) is 8.42 Å². The summed E-state index contributed by atoms with van der Waals surface area (Å²) in [6.07, 6.45) is 0. The summed E-state index contributed by atoms with van der Waals surface area (Å²) in [5.41, 5.74) is 1.92. The van der Waals surface area contributed by atoms with Crippen molar-refractivity contribution in [3.8, 4) is 28.0 Å². The number of hydrogen-bond donors (Lipinski definition) is 2. The van der Waals surface area contributed by atoms with E-state index in [0.717, 1.165) is 10.6 Å². The number of aryl methyl sites for hydroxylation is 2. The lowest BCUT2D eigenvalue weighted by Crippen LogP contribution is -2.42. The van der Waals surface area contributed by atoms with E-state index in [0.29, 0.717) is 28.0 Å². The van der Waals surface area contributed by atoms with E-state index in [2.05, 4.69) is 15.3 Å². The highest BCUT2D eigenvalue weighted by atomic mass is 32.2. The molecule has 0 unspecified atom stereocenters. The largest absolute Gasteiger partial charge is 0.482 e. The van der Waals surface area contributed by atoms with Crippen molar-refractivity contribution in [2.24, 2.45) is 0 Å². The zero-order valence-electron chi connectivity index (χ0n) is 17.4. The van der Waals surface area contributed by atoms with Gasteiger partial charge in [-0.15, -0.1) is 4.68 Å². The van der Waals surface area contributed by atoms with E-state index in [1.165, 1.54) is 40.4 Å². The lowest BCUT2D eigenvalue weighted by atomic mass is 10.2. The Balaban J connectivity index is 1.87. The molecule has 0 spiro atoms. The molecule has 0 fully saturated rings. The molecule has 0 saturated heterocycles. The first-order chi connectivity index (χ1) is 15.6. The van der Waals surface area contributed by atoms with Crippen LogP contribution in [0.1, 0.15) is 10.6 Å². The average molecular weight is 489 g/mol. The molecule has 0 aliphatic rings. The fourth-order valence-corrected chi connectivity index (χ4v) is 4.29. The highest BCUT2D eigenvalue weighted by Gasteiger charge is 2.28. The van der Waals surface area contributed by atoms with Crippen LogP contribution in [0.5, 0.6) is 5.75 Å².